The first-order valence-electron chi connectivity index (χ1n) is 8.19. The van der Waals surface area contributed by atoms with Crippen molar-refractivity contribution < 1.29 is 14.3 Å². The fourth-order valence-corrected chi connectivity index (χ4v) is 2.26. The number of hydrogen-bond acceptors (Lipinski definition) is 4. The van der Waals surface area contributed by atoms with Crippen LogP contribution in [0.25, 0.3) is 5.69 Å². The molecule has 1 heterocycles. The van der Waals surface area contributed by atoms with Gasteiger partial charge in [0.1, 0.15) is 6.10 Å². The minimum absolute atomic E-state index is 0.0905. The lowest BCUT2D eigenvalue weighted by Gasteiger charge is -2.18. The minimum atomic E-state index is -0.502. The van der Waals surface area contributed by atoms with Crippen molar-refractivity contribution in [2.24, 2.45) is 0 Å². The summed E-state index contributed by atoms with van der Waals surface area (Å²) in [5.41, 5.74) is 2.07. The van der Waals surface area contributed by atoms with Crippen LogP contribution in [-0.4, -0.2) is 41.4 Å². The molecular formula is C18H25N3O3. The lowest BCUT2D eigenvalue weighted by molar-refractivity contribution is -0.133. The lowest BCUT2D eigenvalue weighted by atomic mass is 10.1. The van der Waals surface area contributed by atoms with E-state index in [1.54, 1.807) is 19.4 Å². The monoisotopic (exact) mass is 331 g/mol. The third-order valence-electron chi connectivity index (χ3n) is 3.72. The number of amides is 1. The van der Waals surface area contributed by atoms with Crippen LogP contribution < -0.4 is 5.32 Å². The predicted molar refractivity (Wildman–Crippen MR) is 92.0 cm³/mol. The molecule has 24 heavy (non-hydrogen) atoms. The number of aromatic nitrogens is 2. The maximum atomic E-state index is 12.2. The molecule has 0 radical (unpaired) electrons. The average molecular weight is 331 g/mol. The van der Waals surface area contributed by atoms with E-state index in [4.69, 9.17) is 9.47 Å². The Labute approximate surface area is 142 Å². The number of nitrogens with one attached hydrogen (secondary N) is 1. The number of nitrogens with zero attached hydrogens (tertiary/aromatic N) is 2. The summed E-state index contributed by atoms with van der Waals surface area (Å²) in [5.74, 6) is -0.127. The summed E-state index contributed by atoms with van der Waals surface area (Å²) < 4.78 is 12.6. The van der Waals surface area contributed by atoms with Gasteiger partial charge in [0.05, 0.1) is 25.6 Å². The molecule has 6 heteroatoms. The molecule has 0 aliphatic carbocycles. The van der Waals surface area contributed by atoms with Gasteiger partial charge in [-0.2, -0.15) is 0 Å². The van der Waals surface area contributed by atoms with Crippen LogP contribution >= 0.6 is 0 Å². The molecule has 0 aliphatic rings. The van der Waals surface area contributed by atoms with E-state index in [9.17, 15) is 4.79 Å². The molecule has 2 aromatic rings. The molecular weight excluding hydrogens is 306 g/mol. The van der Waals surface area contributed by atoms with Crippen LogP contribution in [0.1, 0.15) is 32.4 Å². The van der Waals surface area contributed by atoms with Crippen LogP contribution in [0.3, 0.4) is 0 Å². The third-order valence-corrected chi connectivity index (χ3v) is 3.72. The molecule has 1 amide bonds. The van der Waals surface area contributed by atoms with E-state index in [1.807, 2.05) is 48.9 Å². The highest BCUT2D eigenvalue weighted by molar-refractivity contribution is 5.80. The Morgan fingerprint density at radius 1 is 1.25 bits per heavy atom. The molecule has 1 N–H and O–H groups in total. The summed E-state index contributed by atoms with van der Waals surface area (Å²) >= 11 is 0. The summed E-state index contributed by atoms with van der Waals surface area (Å²) in [6.07, 6.45) is 4.88. The normalized spacial score (nSPS) is 13.5. The molecule has 130 valence electrons. The Morgan fingerprint density at radius 2 is 2.00 bits per heavy atom. The van der Waals surface area contributed by atoms with Gasteiger partial charge in [0.25, 0.3) is 0 Å². The highest BCUT2D eigenvalue weighted by atomic mass is 16.5. The van der Waals surface area contributed by atoms with Crippen molar-refractivity contribution in [3.63, 3.8) is 0 Å². The van der Waals surface area contributed by atoms with Gasteiger partial charge < -0.3 is 19.4 Å². The zero-order valence-corrected chi connectivity index (χ0v) is 14.4. The van der Waals surface area contributed by atoms with Crippen LogP contribution in [0.5, 0.6) is 0 Å². The second-order valence-electron chi connectivity index (χ2n) is 5.50. The van der Waals surface area contributed by atoms with Crippen molar-refractivity contribution in [2.75, 3.05) is 19.8 Å². The maximum Gasteiger partial charge on any atom is 0.249 e. The highest BCUT2D eigenvalue weighted by Gasteiger charge is 2.16. The molecule has 2 atom stereocenters. The standard InChI is InChI=1S/C18H25N3O3/c1-4-23-11-12-24-15(3)18(22)20-14(2)16-5-7-17(8-6-16)21-10-9-19-13-21/h5-10,13-15H,4,11-12H2,1-3H3,(H,20,22)/t14-,15-/m1/s1. The van der Waals surface area contributed by atoms with Crippen LogP contribution in [-0.2, 0) is 14.3 Å². The second-order valence-corrected chi connectivity index (χ2v) is 5.50. The van der Waals surface area contributed by atoms with E-state index in [0.29, 0.717) is 19.8 Å². The van der Waals surface area contributed by atoms with Crippen molar-refractivity contribution in [2.45, 2.75) is 32.9 Å². The fourth-order valence-electron chi connectivity index (χ4n) is 2.26. The van der Waals surface area contributed by atoms with Crippen LogP contribution in [0.2, 0.25) is 0 Å². The molecule has 2 rings (SSSR count). The lowest BCUT2D eigenvalue weighted by Crippen LogP contribution is -2.36. The molecule has 0 aliphatic heterocycles. The van der Waals surface area contributed by atoms with Crippen molar-refractivity contribution in [3.05, 3.63) is 48.5 Å². The number of rotatable bonds is 9. The van der Waals surface area contributed by atoms with Gasteiger partial charge in [-0.3, -0.25) is 4.79 Å². The van der Waals surface area contributed by atoms with Gasteiger partial charge in [0.15, 0.2) is 0 Å². The summed E-state index contributed by atoms with van der Waals surface area (Å²) in [6.45, 7) is 7.19. The molecule has 0 spiro atoms. The Morgan fingerprint density at radius 3 is 2.62 bits per heavy atom. The van der Waals surface area contributed by atoms with Crippen LogP contribution in [0.4, 0.5) is 0 Å². The van der Waals surface area contributed by atoms with E-state index < -0.39 is 6.10 Å². The molecule has 0 unspecified atom stereocenters. The third kappa shape index (κ3) is 5.18. The summed E-state index contributed by atoms with van der Waals surface area (Å²) in [4.78, 5) is 16.2. The summed E-state index contributed by atoms with van der Waals surface area (Å²) in [5, 5.41) is 2.97. The quantitative estimate of drug-likeness (QED) is 0.717. The van der Waals surface area contributed by atoms with Crippen molar-refractivity contribution in [3.8, 4) is 5.69 Å². The number of hydrogen-bond donors (Lipinski definition) is 1. The zero-order chi connectivity index (χ0) is 17.4. The Bertz CT molecular complexity index is 611. The van der Waals surface area contributed by atoms with Crippen molar-refractivity contribution in [1.82, 2.24) is 14.9 Å². The van der Waals surface area contributed by atoms with E-state index in [2.05, 4.69) is 10.3 Å². The van der Waals surface area contributed by atoms with Crippen LogP contribution in [0, 0.1) is 0 Å². The van der Waals surface area contributed by atoms with Gasteiger partial charge >= 0.3 is 0 Å². The predicted octanol–water partition coefficient (Wildman–Crippen LogP) is 2.49. The molecule has 6 nitrogen and oxygen atoms in total. The zero-order valence-electron chi connectivity index (χ0n) is 14.4. The molecule has 0 saturated heterocycles. The first-order chi connectivity index (χ1) is 11.6. The van der Waals surface area contributed by atoms with E-state index in [0.717, 1.165) is 11.3 Å². The summed E-state index contributed by atoms with van der Waals surface area (Å²) in [7, 11) is 0. The molecule has 0 fully saturated rings. The van der Waals surface area contributed by atoms with E-state index in [-0.39, 0.29) is 11.9 Å². The summed E-state index contributed by atoms with van der Waals surface area (Å²) in [6, 6.07) is 7.91. The molecule has 0 saturated carbocycles. The Hall–Kier alpha value is -2.18. The van der Waals surface area contributed by atoms with Gasteiger partial charge in [-0.1, -0.05) is 12.1 Å². The van der Waals surface area contributed by atoms with Crippen molar-refractivity contribution >= 4 is 5.91 Å². The molecule has 1 aromatic heterocycles. The average Bonchev–Trinajstić information content (AvgIpc) is 3.13. The fraction of sp³-hybridized carbons (Fsp3) is 0.444. The molecule has 1 aromatic carbocycles. The SMILES string of the molecule is CCOCCO[C@H](C)C(=O)N[C@H](C)c1ccc(-n2ccnc2)cc1. The van der Waals surface area contributed by atoms with Gasteiger partial charge in [-0.25, -0.2) is 4.98 Å². The smallest absolute Gasteiger partial charge is 0.249 e. The van der Waals surface area contributed by atoms with E-state index in [1.165, 1.54) is 0 Å². The Balaban J connectivity index is 1.85. The number of carbonyl (C=O) groups excluding carboxylic acids is 1. The number of imidazole rings is 1. The topological polar surface area (TPSA) is 65.4 Å². The van der Waals surface area contributed by atoms with E-state index >= 15 is 0 Å². The van der Waals surface area contributed by atoms with Gasteiger partial charge in [0.2, 0.25) is 5.91 Å². The first kappa shape index (κ1) is 18.2. The number of benzene rings is 1. The highest BCUT2D eigenvalue weighted by Crippen LogP contribution is 2.16. The minimum Gasteiger partial charge on any atom is -0.379 e. The largest absolute Gasteiger partial charge is 0.379 e. The molecule has 0 bridgehead atoms. The maximum absolute atomic E-state index is 12.2. The number of carbonyl (C=O) groups is 1. The number of ether oxygens (including phenoxy) is 2. The Kier molecular flexibility index (Phi) is 6.96. The van der Waals surface area contributed by atoms with Gasteiger partial charge in [0, 0.05) is 24.7 Å². The first-order valence-corrected chi connectivity index (χ1v) is 8.19. The van der Waals surface area contributed by atoms with Crippen LogP contribution in [0.15, 0.2) is 43.0 Å². The van der Waals surface area contributed by atoms with Gasteiger partial charge in [-0.15, -0.1) is 0 Å². The second kappa shape index (κ2) is 9.20. The van der Waals surface area contributed by atoms with Gasteiger partial charge in [-0.05, 0) is 38.5 Å². The van der Waals surface area contributed by atoms with Crippen molar-refractivity contribution in [1.29, 1.82) is 0 Å².